The molecule has 0 saturated heterocycles. The van der Waals surface area contributed by atoms with Crippen LogP contribution >= 0.6 is 0 Å². The van der Waals surface area contributed by atoms with Gasteiger partial charge in [0.2, 0.25) is 0 Å². The highest BCUT2D eigenvalue weighted by atomic mass is 15.4. The first-order chi connectivity index (χ1) is 10.1. The lowest BCUT2D eigenvalue weighted by atomic mass is 10.1. The van der Waals surface area contributed by atoms with Crippen molar-refractivity contribution in [3.8, 4) is 6.07 Å². The maximum Gasteiger partial charge on any atom is 0.190 e. The molecule has 0 N–H and O–H groups in total. The predicted molar refractivity (Wildman–Crippen MR) is 84.3 cm³/mol. The number of benzene rings is 1. The number of nitriles is 1. The summed E-state index contributed by atoms with van der Waals surface area (Å²) >= 11 is 0. The summed E-state index contributed by atoms with van der Waals surface area (Å²) in [6.45, 7) is 7.18. The Bertz CT molecular complexity index is 657. The minimum atomic E-state index is 0.377. The second-order valence-corrected chi connectivity index (χ2v) is 5.58. The summed E-state index contributed by atoms with van der Waals surface area (Å²) in [7, 11) is 0. The Kier molecular flexibility index (Phi) is 4.89. The quantitative estimate of drug-likeness (QED) is 0.839. The molecule has 0 aliphatic carbocycles. The lowest BCUT2D eigenvalue weighted by Gasteiger charge is -2.05. The summed E-state index contributed by atoms with van der Waals surface area (Å²) in [5.41, 5.74) is 3.48. The molecule has 0 bridgehead atoms. The summed E-state index contributed by atoms with van der Waals surface area (Å²) in [6.07, 6.45) is 4.92. The molecule has 0 unspecified atom stereocenters. The van der Waals surface area contributed by atoms with Gasteiger partial charge < -0.3 is 0 Å². The number of hydrogen-bond acceptors (Lipinski definition) is 3. The van der Waals surface area contributed by atoms with E-state index >= 15 is 0 Å². The van der Waals surface area contributed by atoms with Crippen molar-refractivity contribution in [2.75, 3.05) is 0 Å². The van der Waals surface area contributed by atoms with Crippen molar-refractivity contribution in [3.63, 3.8) is 0 Å². The molecule has 0 saturated carbocycles. The number of nitrogens with zero attached hydrogens (tertiary/aromatic N) is 4. The second-order valence-electron chi connectivity index (χ2n) is 5.58. The van der Waals surface area contributed by atoms with Crippen LogP contribution in [0.15, 0.2) is 24.3 Å². The average molecular weight is 280 g/mol. The lowest BCUT2D eigenvalue weighted by molar-refractivity contribution is 0.476. The Morgan fingerprint density at radius 3 is 2.57 bits per heavy atom. The fraction of sp³-hybridized carbons (Fsp3) is 0.353. The van der Waals surface area contributed by atoms with E-state index in [1.807, 2.05) is 16.8 Å². The SMILES string of the molecule is Cc1ccc(/C=C/c2c(C#N)nnn2CCC(C)C)cc1. The van der Waals surface area contributed by atoms with E-state index in [0.29, 0.717) is 11.6 Å². The van der Waals surface area contributed by atoms with Crippen molar-refractivity contribution in [1.29, 1.82) is 5.26 Å². The van der Waals surface area contributed by atoms with Crippen LogP contribution in [0.25, 0.3) is 12.2 Å². The molecular formula is C17H20N4. The molecule has 21 heavy (non-hydrogen) atoms. The Morgan fingerprint density at radius 2 is 1.95 bits per heavy atom. The molecule has 4 heteroatoms. The second kappa shape index (κ2) is 6.85. The molecule has 0 aliphatic heterocycles. The minimum Gasteiger partial charge on any atom is -0.244 e. The number of rotatable bonds is 5. The topological polar surface area (TPSA) is 54.5 Å². The summed E-state index contributed by atoms with van der Waals surface area (Å²) in [5, 5.41) is 17.2. The molecule has 0 radical (unpaired) electrons. The highest BCUT2D eigenvalue weighted by Gasteiger charge is 2.09. The van der Waals surface area contributed by atoms with Crippen molar-refractivity contribution >= 4 is 12.2 Å². The van der Waals surface area contributed by atoms with Crippen LogP contribution in [0.2, 0.25) is 0 Å². The third kappa shape index (κ3) is 4.03. The van der Waals surface area contributed by atoms with Gasteiger partial charge in [0.15, 0.2) is 5.69 Å². The Morgan fingerprint density at radius 1 is 1.24 bits per heavy atom. The molecule has 2 aromatic rings. The van der Waals surface area contributed by atoms with Crippen molar-refractivity contribution in [2.45, 2.75) is 33.7 Å². The maximum atomic E-state index is 9.14. The van der Waals surface area contributed by atoms with E-state index in [2.05, 4.69) is 61.4 Å². The number of aryl methyl sites for hydroxylation is 2. The fourth-order valence-electron chi connectivity index (χ4n) is 1.96. The van der Waals surface area contributed by atoms with Gasteiger partial charge in [-0.05, 0) is 30.9 Å². The Balaban J connectivity index is 2.23. The minimum absolute atomic E-state index is 0.377. The van der Waals surface area contributed by atoms with E-state index in [4.69, 9.17) is 5.26 Å². The van der Waals surface area contributed by atoms with E-state index in [1.54, 1.807) is 0 Å². The zero-order valence-corrected chi connectivity index (χ0v) is 12.7. The number of hydrogen-bond donors (Lipinski definition) is 0. The molecule has 0 aliphatic rings. The molecule has 4 nitrogen and oxygen atoms in total. The van der Waals surface area contributed by atoms with Gasteiger partial charge in [-0.25, -0.2) is 4.68 Å². The monoisotopic (exact) mass is 280 g/mol. The van der Waals surface area contributed by atoms with Gasteiger partial charge in [0.05, 0.1) is 5.69 Å². The maximum absolute atomic E-state index is 9.14. The normalized spacial score (nSPS) is 11.2. The molecule has 1 aromatic carbocycles. The largest absolute Gasteiger partial charge is 0.244 e. The Labute approximate surface area is 125 Å². The van der Waals surface area contributed by atoms with Gasteiger partial charge in [-0.1, -0.05) is 55.0 Å². The molecule has 108 valence electrons. The Hall–Kier alpha value is -2.41. The summed E-state index contributed by atoms with van der Waals surface area (Å²) in [6, 6.07) is 10.4. The van der Waals surface area contributed by atoms with Gasteiger partial charge in [-0.3, -0.25) is 0 Å². The van der Waals surface area contributed by atoms with Gasteiger partial charge >= 0.3 is 0 Å². The van der Waals surface area contributed by atoms with Gasteiger partial charge in [0.1, 0.15) is 6.07 Å². The van der Waals surface area contributed by atoms with E-state index in [9.17, 15) is 0 Å². The van der Waals surface area contributed by atoms with Crippen molar-refractivity contribution in [3.05, 3.63) is 46.8 Å². The van der Waals surface area contributed by atoms with Crippen LogP contribution in [0.3, 0.4) is 0 Å². The smallest absolute Gasteiger partial charge is 0.190 e. The van der Waals surface area contributed by atoms with Crippen LogP contribution in [0.5, 0.6) is 0 Å². The van der Waals surface area contributed by atoms with E-state index < -0.39 is 0 Å². The van der Waals surface area contributed by atoms with Crippen LogP contribution in [0.1, 0.15) is 42.8 Å². The van der Waals surface area contributed by atoms with E-state index in [0.717, 1.165) is 24.2 Å². The highest BCUT2D eigenvalue weighted by Crippen LogP contribution is 2.13. The first-order valence-electron chi connectivity index (χ1n) is 7.18. The van der Waals surface area contributed by atoms with Crippen molar-refractivity contribution in [2.24, 2.45) is 5.92 Å². The van der Waals surface area contributed by atoms with Crippen LogP contribution < -0.4 is 0 Å². The molecule has 1 heterocycles. The highest BCUT2D eigenvalue weighted by molar-refractivity contribution is 5.70. The molecule has 1 aromatic heterocycles. The lowest BCUT2D eigenvalue weighted by Crippen LogP contribution is -2.05. The molecule has 2 rings (SSSR count). The molecule has 0 fully saturated rings. The summed E-state index contributed by atoms with van der Waals surface area (Å²) < 4.78 is 1.81. The zero-order chi connectivity index (χ0) is 15.2. The van der Waals surface area contributed by atoms with Gasteiger partial charge in [-0.15, -0.1) is 5.10 Å². The number of aromatic nitrogens is 3. The molecule has 0 amide bonds. The molecule has 0 spiro atoms. The summed E-state index contributed by atoms with van der Waals surface area (Å²) in [5.74, 6) is 0.591. The van der Waals surface area contributed by atoms with Crippen LogP contribution in [-0.4, -0.2) is 15.0 Å². The summed E-state index contributed by atoms with van der Waals surface area (Å²) in [4.78, 5) is 0. The standard InChI is InChI=1S/C17H20N4/c1-13(2)10-11-21-17(16(12-18)19-20-21)9-8-15-6-4-14(3)5-7-15/h4-9,13H,10-11H2,1-3H3/b9-8+. The van der Waals surface area contributed by atoms with Gasteiger partial charge in [0.25, 0.3) is 0 Å². The van der Waals surface area contributed by atoms with Crippen molar-refractivity contribution in [1.82, 2.24) is 15.0 Å². The van der Waals surface area contributed by atoms with Gasteiger partial charge in [-0.2, -0.15) is 5.26 Å². The fourth-order valence-corrected chi connectivity index (χ4v) is 1.96. The first-order valence-corrected chi connectivity index (χ1v) is 7.18. The third-order valence-corrected chi connectivity index (χ3v) is 3.31. The molecule has 0 atom stereocenters. The zero-order valence-electron chi connectivity index (χ0n) is 12.7. The third-order valence-electron chi connectivity index (χ3n) is 3.31. The van der Waals surface area contributed by atoms with Crippen LogP contribution in [0.4, 0.5) is 0 Å². The van der Waals surface area contributed by atoms with E-state index in [1.165, 1.54) is 5.56 Å². The predicted octanol–water partition coefficient (Wildman–Crippen LogP) is 3.67. The van der Waals surface area contributed by atoms with Crippen LogP contribution in [-0.2, 0) is 6.54 Å². The van der Waals surface area contributed by atoms with Crippen molar-refractivity contribution < 1.29 is 0 Å². The van der Waals surface area contributed by atoms with Crippen LogP contribution in [0, 0.1) is 24.2 Å². The first kappa shape index (κ1) is 15.0. The van der Waals surface area contributed by atoms with Gasteiger partial charge in [0, 0.05) is 6.54 Å². The molecular weight excluding hydrogens is 260 g/mol. The average Bonchev–Trinajstić information content (AvgIpc) is 2.86. The van der Waals surface area contributed by atoms with E-state index in [-0.39, 0.29) is 0 Å².